The van der Waals surface area contributed by atoms with E-state index in [2.05, 4.69) is 9.71 Å². The molecule has 4 rings (SSSR count). The lowest BCUT2D eigenvalue weighted by atomic mass is 10.1. The first-order chi connectivity index (χ1) is 18.1. The second kappa shape index (κ2) is 11.6. The van der Waals surface area contributed by atoms with E-state index in [1.165, 1.54) is 35.6 Å². The van der Waals surface area contributed by atoms with E-state index >= 15 is 0 Å². The summed E-state index contributed by atoms with van der Waals surface area (Å²) in [7, 11) is 1.46. The Bertz CT molecular complexity index is 1560. The predicted octanol–water partition coefficient (Wildman–Crippen LogP) is 5.50. The number of nitrogens with one attached hydrogen (secondary N) is 1. The van der Waals surface area contributed by atoms with Gasteiger partial charge in [-0.3, -0.25) is 14.4 Å². The highest BCUT2D eigenvalue weighted by Gasteiger charge is 2.24. The fourth-order valence-corrected chi connectivity index (χ4v) is 6.08. The summed E-state index contributed by atoms with van der Waals surface area (Å²) in [6.07, 6.45) is 0.677. The third-order valence-corrected chi connectivity index (χ3v) is 8.55. The van der Waals surface area contributed by atoms with Crippen LogP contribution in [0.4, 0.5) is 15.2 Å². The molecule has 1 N–H and O–H groups in total. The van der Waals surface area contributed by atoms with E-state index in [1.54, 1.807) is 36.3 Å². The summed E-state index contributed by atoms with van der Waals surface area (Å²) < 4.78 is 47.4. The first kappa shape index (κ1) is 27.8. The number of methoxy groups -OCH3 is 1. The van der Waals surface area contributed by atoms with Gasteiger partial charge in [-0.1, -0.05) is 29.0 Å². The van der Waals surface area contributed by atoms with E-state index in [9.17, 15) is 17.6 Å². The fourth-order valence-electron chi connectivity index (χ4n) is 3.75. The van der Waals surface area contributed by atoms with Crippen LogP contribution in [0.1, 0.15) is 16.8 Å². The normalized spacial score (nSPS) is 11.6. The van der Waals surface area contributed by atoms with Crippen molar-refractivity contribution in [3.8, 4) is 5.75 Å². The summed E-state index contributed by atoms with van der Waals surface area (Å²) in [6.45, 7) is 1.12. The molecule has 3 aromatic carbocycles. The monoisotopic (exact) mass is 576 g/mol. The number of hydrogen-bond acceptors (Lipinski definition) is 7. The van der Waals surface area contributed by atoms with Crippen molar-refractivity contribution in [1.29, 1.82) is 0 Å². The number of amides is 1. The minimum atomic E-state index is -3.98. The quantitative estimate of drug-likeness (QED) is 0.268. The van der Waals surface area contributed by atoms with Gasteiger partial charge < -0.3 is 9.64 Å². The van der Waals surface area contributed by atoms with Crippen molar-refractivity contribution in [3.05, 3.63) is 77.1 Å². The Kier molecular flexibility index (Phi) is 8.51. The zero-order valence-corrected chi connectivity index (χ0v) is 23.3. The molecular weight excluding hydrogens is 551 g/mol. The van der Waals surface area contributed by atoms with Crippen molar-refractivity contribution in [1.82, 2.24) is 9.88 Å². The van der Waals surface area contributed by atoms with Gasteiger partial charge in [0.05, 0.1) is 21.7 Å². The van der Waals surface area contributed by atoms with Gasteiger partial charge in [0.15, 0.2) is 5.13 Å². The van der Waals surface area contributed by atoms with Gasteiger partial charge in [0.25, 0.3) is 15.9 Å². The number of halogens is 2. The molecule has 0 aliphatic carbocycles. The number of ether oxygens (including phenoxy) is 1. The van der Waals surface area contributed by atoms with Crippen molar-refractivity contribution in [3.63, 3.8) is 0 Å². The first-order valence-corrected chi connectivity index (χ1v) is 14.2. The smallest absolute Gasteiger partial charge is 0.261 e. The number of nitrogens with zero attached hydrogens (tertiary/aromatic N) is 3. The van der Waals surface area contributed by atoms with Gasteiger partial charge in [-0.05, 0) is 81.7 Å². The molecule has 1 amide bonds. The molecule has 0 unspecified atom stereocenters. The molecule has 4 aromatic rings. The van der Waals surface area contributed by atoms with Crippen molar-refractivity contribution >= 4 is 59.9 Å². The van der Waals surface area contributed by atoms with Crippen LogP contribution in [0.25, 0.3) is 10.2 Å². The minimum absolute atomic E-state index is 0.0961. The van der Waals surface area contributed by atoms with Crippen molar-refractivity contribution < 1.29 is 22.3 Å². The Morgan fingerprint density at radius 3 is 2.53 bits per heavy atom. The molecule has 0 spiro atoms. The Labute approximate surface area is 229 Å². The lowest BCUT2D eigenvalue weighted by Gasteiger charge is -2.21. The van der Waals surface area contributed by atoms with Crippen LogP contribution in [-0.2, 0) is 10.0 Å². The third kappa shape index (κ3) is 6.24. The van der Waals surface area contributed by atoms with E-state index < -0.39 is 15.8 Å². The lowest BCUT2D eigenvalue weighted by molar-refractivity contribution is 0.0986. The van der Waals surface area contributed by atoms with Gasteiger partial charge in [-0.15, -0.1) is 0 Å². The van der Waals surface area contributed by atoms with Crippen LogP contribution < -0.4 is 14.4 Å². The molecule has 200 valence electrons. The summed E-state index contributed by atoms with van der Waals surface area (Å²) >= 11 is 7.69. The largest absolute Gasteiger partial charge is 0.494 e. The van der Waals surface area contributed by atoms with Gasteiger partial charge in [0.1, 0.15) is 17.1 Å². The average Bonchev–Trinajstić information content (AvgIpc) is 3.33. The molecule has 0 radical (unpaired) electrons. The zero-order chi connectivity index (χ0) is 27.4. The zero-order valence-electron chi connectivity index (χ0n) is 20.9. The highest BCUT2D eigenvalue weighted by Crippen LogP contribution is 2.39. The van der Waals surface area contributed by atoms with Crippen LogP contribution >= 0.6 is 22.9 Å². The number of benzene rings is 3. The van der Waals surface area contributed by atoms with Crippen LogP contribution in [0.5, 0.6) is 5.75 Å². The summed E-state index contributed by atoms with van der Waals surface area (Å²) in [5, 5.41) is 0.954. The molecule has 0 atom stereocenters. The average molecular weight is 577 g/mol. The van der Waals surface area contributed by atoms with E-state index in [-0.39, 0.29) is 22.1 Å². The number of carbonyl (C=O) groups excluding carboxylic acids is 1. The predicted molar refractivity (Wildman–Crippen MR) is 150 cm³/mol. The number of carbonyl (C=O) groups is 1. The Balaban J connectivity index is 1.67. The van der Waals surface area contributed by atoms with Crippen LogP contribution in [0, 0.1) is 5.82 Å². The first-order valence-electron chi connectivity index (χ1n) is 11.6. The van der Waals surface area contributed by atoms with Crippen LogP contribution in [0.15, 0.2) is 65.6 Å². The maximum atomic E-state index is 13.8. The molecule has 0 saturated heterocycles. The summed E-state index contributed by atoms with van der Waals surface area (Å²) in [5.74, 6) is -0.342. The lowest BCUT2D eigenvalue weighted by Crippen LogP contribution is -2.33. The number of thiazole rings is 1. The van der Waals surface area contributed by atoms with Crippen molar-refractivity contribution in [2.75, 3.05) is 43.9 Å². The maximum absolute atomic E-state index is 13.8. The molecule has 8 nitrogen and oxygen atoms in total. The standard InChI is InChI=1S/C26H26ClFN4O4S2/c1-31(2)14-5-15-32(26-29-23-22(36-3)13-12-21(27)24(23)37-26)25(33)17-6-4-7-19(16-17)30-38(34,35)20-10-8-18(28)9-11-20/h4,6-13,16,30H,5,14-15H2,1-3H3. The molecule has 0 aliphatic heterocycles. The molecule has 1 heterocycles. The number of sulfonamides is 1. The second-order valence-corrected chi connectivity index (χ2v) is 11.7. The highest BCUT2D eigenvalue weighted by molar-refractivity contribution is 7.92. The second-order valence-electron chi connectivity index (χ2n) is 8.68. The molecule has 0 fully saturated rings. The van der Waals surface area contributed by atoms with Crippen LogP contribution in [0.2, 0.25) is 5.02 Å². The van der Waals surface area contributed by atoms with Crippen molar-refractivity contribution in [2.24, 2.45) is 0 Å². The van der Waals surface area contributed by atoms with Gasteiger partial charge in [-0.2, -0.15) is 0 Å². The number of fused-ring (bicyclic) bond motifs is 1. The van der Waals surface area contributed by atoms with Gasteiger partial charge in [-0.25, -0.2) is 17.8 Å². The SMILES string of the molecule is COc1ccc(Cl)c2sc(N(CCCN(C)C)C(=O)c3cccc(NS(=O)(=O)c4ccc(F)cc4)c3)nc12. The molecule has 0 aliphatic rings. The fraction of sp³-hybridized carbons (Fsp3) is 0.231. The van der Waals surface area contributed by atoms with Gasteiger partial charge in [0, 0.05) is 17.8 Å². The molecular formula is C26H26ClFN4O4S2. The van der Waals surface area contributed by atoms with Crippen LogP contribution in [-0.4, -0.2) is 58.5 Å². The Hall–Kier alpha value is -3.25. The van der Waals surface area contributed by atoms with E-state index in [1.807, 2.05) is 19.0 Å². The number of rotatable bonds is 10. The maximum Gasteiger partial charge on any atom is 0.261 e. The number of hydrogen-bond donors (Lipinski definition) is 1. The molecule has 0 bridgehead atoms. The molecule has 38 heavy (non-hydrogen) atoms. The number of aromatic nitrogens is 1. The van der Waals surface area contributed by atoms with Crippen LogP contribution in [0.3, 0.4) is 0 Å². The topological polar surface area (TPSA) is 91.8 Å². The molecule has 1 aromatic heterocycles. The summed E-state index contributed by atoms with van der Waals surface area (Å²) in [6, 6.07) is 14.1. The summed E-state index contributed by atoms with van der Waals surface area (Å²) in [5.41, 5.74) is 1.03. The third-order valence-electron chi connectivity index (χ3n) is 5.62. The highest BCUT2D eigenvalue weighted by atomic mass is 35.5. The summed E-state index contributed by atoms with van der Waals surface area (Å²) in [4.78, 5) is 21.9. The number of anilines is 2. The van der Waals surface area contributed by atoms with Gasteiger partial charge in [0.2, 0.25) is 0 Å². The van der Waals surface area contributed by atoms with E-state index in [0.717, 1.165) is 18.7 Å². The molecule has 12 heteroatoms. The Morgan fingerprint density at radius 2 is 1.84 bits per heavy atom. The van der Waals surface area contributed by atoms with Gasteiger partial charge >= 0.3 is 0 Å². The minimum Gasteiger partial charge on any atom is -0.494 e. The van der Waals surface area contributed by atoms with Crippen molar-refractivity contribution in [2.45, 2.75) is 11.3 Å². The van der Waals surface area contributed by atoms with E-state index in [4.69, 9.17) is 16.3 Å². The Morgan fingerprint density at radius 1 is 1.11 bits per heavy atom. The molecule has 0 saturated carbocycles. The van der Waals surface area contributed by atoms with E-state index in [0.29, 0.717) is 39.1 Å².